The number of hydrogen-bond donors (Lipinski definition) is 1. The third-order valence-electron chi connectivity index (χ3n) is 3.29. The first-order chi connectivity index (χ1) is 7.91. The highest BCUT2D eigenvalue weighted by Crippen LogP contribution is 2.22. The maximum atomic E-state index is 11.8. The Kier molecular flexibility index (Phi) is 4.93. The molecule has 5 nitrogen and oxygen atoms in total. The van der Waals surface area contributed by atoms with Gasteiger partial charge in [-0.05, 0) is 33.2 Å². The molecule has 0 spiro atoms. The van der Waals surface area contributed by atoms with Crippen LogP contribution in [0.3, 0.4) is 0 Å². The van der Waals surface area contributed by atoms with Crippen molar-refractivity contribution in [1.29, 1.82) is 0 Å². The van der Waals surface area contributed by atoms with Crippen LogP contribution < -0.4 is 0 Å². The van der Waals surface area contributed by atoms with Crippen molar-refractivity contribution in [2.45, 2.75) is 45.2 Å². The zero-order chi connectivity index (χ0) is 13.0. The number of carbonyl (C=O) groups excluding carboxylic acids is 1. The molecule has 1 N–H and O–H groups in total. The predicted octanol–water partition coefficient (Wildman–Crippen LogP) is 0.792. The lowest BCUT2D eigenvalue weighted by Crippen LogP contribution is -2.40. The van der Waals surface area contributed by atoms with Gasteiger partial charge in [0.1, 0.15) is 6.54 Å². The number of aliphatic carboxylic acids is 1. The van der Waals surface area contributed by atoms with Crippen LogP contribution in [0, 0.1) is 0 Å². The molecule has 0 saturated carbocycles. The molecule has 17 heavy (non-hydrogen) atoms. The van der Waals surface area contributed by atoms with Gasteiger partial charge in [-0.1, -0.05) is 0 Å². The molecule has 1 fully saturated rings. The lowest BCUT2D eigenvalue weighted by molar-refractivity contribution is -0.143. The van der Waals surface area contributed by atoms with Crippen LogP contribution in [0.15, 0.2) is 0 Å². The van der Waals surface area contributed by atoms with Crippen molar-refractivity contribution in [3.05, 3.63) is 0 Å². The number of amides is 1. The minimum atomic E-state index is -0.965. The Balaban J connectivity index is 2.47. The topological polar surface area (TPSA) is 60.9 Å². The number of likely N-dealkylation sites (tertiary alicyclic amines) is 1. The summed E-state index contributed by atoms with van der Waals surface area (Å²) in [6.07, 6.45) is 2.59. The molecule has 1 aliphatic rings. The summed E-state index contributed by atoms with van der Waals surface area (Å²) in [4.78, 5) is 26.0. The van der Waals surface area contributed by atoms with Gasteiger partial charge in [0.05, 0.1) is 0 Å². The Morgan fingerprint density at radius 3 is 2.65 bits per heavy atom. The van der Waals surface area contributed by atoms with Crippen molar-refractivity contribution < 1.29 is 14.7 Å². The number of carbonyl (C=O) groups is 2. The Hall–Kier alpha value is -1.10. The molecule has 1 saturated heterocycles. The third-order valence-corrected chi connectivity index (χ3v) is 3.29. The summed E-state index contributed by atoms with van der Waals surface area (Å²) < 4.78 is 0. The lowest BCUT2D eigenvalue weighted by Gasteiger charge is -2.29. The van der Waals surface area contributed by atoms with Crippen LogP contribution in [-0.2, 0) is 9.59 Å². The normalized spacial score (nSPS) is 20.8. The highest BCUT2D eigenvalue weighted by Gasteiger charge is 2.29. The van der Waals surface area contributed by atoms with Crippen LogP contribution in [-0.4, -0.2) is 59.0 Å². The number of carboxylic acids is 1. The van der Waals surface area contributed by atoms with Gasteiger partial charge >= 0.3 is 5.97 Å². The van der Waals surface area contributed by atoms with E-state index in [-0.39, 0.29) is 18.5 Å². The molecule has 1 rings (SSSR count). The largest absolute Gasteiger partial charge is 0.480 e. The molecule has 98 valence electrons. The molecule has 1 amide bonds. The van der Waals surface area contributed by atoms with E-state index in [9.17, 15) is 9.59 Å². The van der Waals surface area contributed by atoms with Crippen molar-refractivity contribution in [3.8, 4) is 0 Å². The molecule has 0 aromatic heterocycles. The summed E-state index contributed by atoms with van der Waals surface area (Å²) in [5.74, 6) is -1.04. The predicted molar refractivity (Wildman–Crippen MR) is 64.8 cm³/mol. The van der Waals surface area contributed by atoms with Crippen LogP contribution in [0.2, 0.25) is 0 Å². The second-order valence-corrected chi connectivity index (χ2v) is 4.98. The molecular formula is C12H22N2O3. The first-order valence-electron chi connectivity index (χ1n) is 6.13. The van der Waals surface area contributed by atoms with E-state index in [1.807, 2.05) is 0 Å². The average Bonchev–Trinajstić information content (AvgIpc) is 2.64. The van der Waals surface area contributed by atoms with Crippen LogP contribution >= 0.6 is 0 Å². The molecule has 5 heteroatoms. The molecule has 0 aliphatic carbocycles. The highest BCUT2D eigenvalue weighted by molar-refractivity contribution is 5.81. The first-order valence-corrected chi connectivity index (χ1v) is 6.13. The second kappa shape index (κ2) is 6.00. The second-order valence-electron chi connectivity index (χ2n) is 4.98. The number of carboxylic acid groups (broad SMARTS) is 1. The molecular weight excluding hydrogens is 220 g/mol. The Morgan fingerprint density at radius 2 is 2.12 bits per heavy atom. The smallest absolute Gasteiger partial charge is 0.323 e. The number of nitrogens with zero attached hydrogens (tertiary/aromatic N) is 2. The zero-order valence-corrected chi connectivity index (χ0v) is 10.8. The van der Waals surface area contributed by atoms with Gasteiger partial charge in [0.2, 0.25) is 5.91 Å². The van der Waals surface area contributed by atoms with Gasteiger partial charge in [0.25, 0.3) is 0 Å². The van der Waals surface area contributed by atoms with E-state index in [1.54, 1.807) is 7.05 Å². The quantitative estimate of drug-likeness (QED) is 0.774. The van der Waals surface area contributed by atoms with Crippen molar-refractivity contribution in [2.75, 3.05) is 20.1 Å². The zero-order valence-electron chi connectivity index (χ0n) is 10.8. The van der Waals surface area contributed by atoms with E-state index in [0.29, 0.717) is 12.5 Å². The Bertz CT molecular complexity index is 291. The summed E-state index contributed by atoms with van der Waals surface area (Å²) in [6.45, 7) is 5.08. The standard InChI is InChI=1S/C12H22N2O3/c1-9(2)14-6-4-5-10(14)7-11(15)13(3)8-12(16)17/h9-10H,4-8H2,1-3H3,(H,16,17)/t10-/m0/s1. The third kappa shape index (κ3) is 4.00. The van der Waals surface area contributed by atoms with Crippen molar-refractivity contribution >= 4 is 11.9 Å². The van der Waals surface area contributed by atoms with Crippen molar-refractivity contribution in [3.63, 3.8) is 0 Å². The van der Waals surface area contributed by atoms with Gasteiger partial charge in [0, 0.05) is 25.6 Å². The van der Waals surface area contributed by atoms with Crippen LogP contribution in [0.4, 0.5) is 0 Å². The maximum Gasteiger partial charge on any atom is 0.323 e. The highest BCUT2D eigenvalue weighted by atomic mass is 16.4. The first kappa shape index (κ1) is 14.0. The van der Waals surface area contributed by atoms with E-state index in [0.717, 1.165) is 19.4 Å². The van der Waals surface area contributed by atoms with Crippen LogP contribution in [0.1, 0.15) is 33.1 Å². The summed E-state index contributed by atoms with van der Waals surface area (Å²) >= 11 is 0. The van der Waals surface area contributed by atoms with E-state index in [1.165, 1.54) is 4.90 Å². The van der Waals surface area contributed by atoms with Crippen molar-refractivity contribution in [2.24, 2.45) is 0 Å². The summed E-state index contributed by atoms with van der Waals surface area (Å²) in [6, 6.07) is 0.721. The Labute approximate surface area is 102 Å². The minimum Gasteiger partial charge on any atom is -0.480 e. The van der Waals surface area contributed by atoms with Gasteiger partial charge in [0.15, 0.2) is 0 Å². The molecule has 0 radical (unpaired) electrons. The fourth-order valence-corrected chi connectivity index (χ4v) is 2.41. The summed E-state index contributed by atoms with van der Waals surface area (Å²) in [5.41, 5.74) is 0. The van der Waals surface area contributed by atoms with Gasteiger partial charge in [-0.15, -0.1) is 0 Å². The molecule has 1 heterocycles. The monoisotopic (exact) mass is 242 g/mol. The van der Waals surface area contributed by atoms with Gasteiger partial charge in [-0.25, -0.2) is 0 Å². The SMILES string of the molecule is CC(C)N1CCC[C@H]1CC(=O)N(C)CC(=O)O. The van der Waals surface area contributed by atoms with Gasteiger partial charge in [-0.3, -0.25) is 14.5 Å². The summed E-state index contributed by atoms with van der Waals surface area (Å²) in [5, 5.41) is 8.63. The van der Waals surface area contributed by atoms with Crippen LogP contribution in [0.5, 0.6) is 0 Å². The molecule has 0 unspecified atom stereocenters. The van der Waals surface area contributed by atoms with E-state index in [4.69, 9.17) is 5.11 Å². The van der Waals surface area contributed by atoms with E-state index >= 15 is 0 Å². The van der Waals surface area contributed by atoms with Gasteiger partial charge in [-0.2, -0.15) is 0 Å². The maximum absolute atomic E-state index is 11.8. The molecule has 1 aliphatic heterocycles. The average molecular weight is 242 g/mol. The number of rotatable bonds is 5. The van der Waals surface area contributed by atoms with E-state index in [2.05, 4.69) is 18.7 Å². The number of hydrogen-bond acceptors (Lipinski definition) is 3. The molecule has 1 atom stereocenters. The fraction of sp³-hybridized carbons (Fsp3) is 0.833. The lowest BCUT2D eigenvalue weighted by atomic mass is 10.1. The molecule has 0 aromatic carbocycles. The molecule has 0 aromatic rings. The fourth-order valence-electron chi connectivity index (χ4n) is 2.41. The Morgan fingerprint density at radius 1 is 1.47 bits per heavy atom. The van der Waals surface area contributed by atoms with Crippen LogP contribution in [0.25, 0.3) is 0 Å². The number of likely N-dealkylation sites (N-methyl/N-ethyl adjacent to an activating group) is 1. The minimum absolute atomic E-state index is 0.0787. The summed E-state index contributed by atoms with van der Waals surface area (Å²) in [7, 11) is 1.55. The van der Waals surface area contributed by atoms with Gasteiger partial charge < -0.3 is 10.0 Å². The van der Waals surface area contributed by atoms with Crippen molar-refractivity contribution in [1.82, 2.24) is 9.80 Å². The van der Waals surface area contributed by atoms with E-state index < -0.39 is 5.97 Å². The molecule has 0 bridgehead atoms.